The average molecular weight is 409 g/mol. The van der Waals surface area contributed by atoms with E-state index in [9.17, 15) is 14.0 Å². The molecule has 1 saturated heterocycles. The number of nitrogens with zero attached hydrogens (tertiary/aromatic N) is 1. The molecule has 0 aliphatic carbocycles. The van der Waals surface area contributed by atoms with E-state index in [2.05, 4.69) is 5.32 Å². The molecule has 1 aliphatic rings. The first-order valence-corrected chi connectivity index (χ1v) is 9.43. The Morgan fingerprint density at radius 3 is 2.74 bits per heavy atom. The third-order valence-corrected chi connectivity index (χ3v) is 5.20. The van der Waals surface area contributed by atoms with E-state index in [1.54, 1.807) is 30.0 Å². The number of hydrogen-bond donors (Lipinski definition) is 1. The summed E-state index contributed by atoms with van der Waals surface area (Å²) in [4.78, 5) is 26.2. The Kier molecular flexibility index (Phi) is 6.02. The number of carbonyl (C=O) groups excluding carboxylic acids is 2. The van der Waals surface area contributed by atoms with Gasteiger partial charge in [-0.1, -0.05) is 35.3 Å². The van der Waals surface area contributed by atoms with Crippen molar-refractivity contribution in [3.63, 3.8) is 0 Å². The quantitative estimate of drug-likeness (QED) is 0.725. The molecule has 0 spiro atoms. The van der Waals surface area contributed by atoms with Crippen molar-refractivity contribution < 1.29 is 14.0 Å². The van der Waals surface area contributed by atoms with Crippen molar-refractivity contribution in [2.24, 2.45) is 0 Å². The van der Waals surface area contributed by atoms with Crippen molar-refractivity contribution in [1.82, 2.24) is 10.2 Å². The van der Waals surface area contributed by atoms with Crippen LogP contribution in [0.2, 0.25) is 10.0 Å². The van der Waals surface area contributed by atoms with E-state index in [0.717, 1.165) is 18.5 Å². The molecule has 0 radical (unpaired) electrons. The maximum absolute atomic E-state index is 13.7. The summed E-state index contributed by atoms with van der Waals surface area (Å²) in [5, 5.41) is 3.04. The van der Waals surface area contributed by atoms with Crippen LogP contribution in [0.4, 0.5) is 4.39 Å². The first-order chi connectivity index (χ1) is 12.8. The molecule has 1 fully saturated rings. The van der Waals surface area contributed by atoms with Gasteiger partial charge in [-0.25, -0.2) is 4.39 Å². The second-order valence-electron chi connectivity index (χ2n) is 6.60. The van der Waals surface area contributed by atoms with Gasteiger partial charge in [0.05, 0.1) is 11.1 Å². The fraction of sp³-hybridized carbons (Fsp3) is 0.300. The van der Waals surface area contributed by atoms with E-state index in [-0.39, 0.29) is 21.9 Å². The van der Waals surface area contributed by atoms with Gasteiger partial charge in [-0.2, -0.15) is 0 Å². The molecule has 7 heteroatoms. The average Bonchev–Trinajstić information content (AvgIpc) is 3.03. The Balaban J connectivity index is 1.71. The largest absolute Gasteiger partial charge is 0.345 e. The van der Waals surface area contributed by atoms with Crippen molar-refractivity contribution in [3.05, 3.63) is 69.0 Å². The predicted molar refractivity (Wildman–Crippen MR) is 103 cm³/mol. The first-order valence-electron chi connectivity index (χ1n) is 8.67. The number of rotatable bonds is 5. The highest BCUT2D eigenvalue weighted by atomic mass is 35.5. The highest BCUT2D eigenvalue weighted by molar-refractivity contribution is 6.35. The number of hydrogen-bond acceptors (Lipinski definition) is 2. The molecule has 142 valence electrons. The van der Waals surface area contributed by atoms with Gasteiger partial charge in [-0.3, -0.25) is 9.59 Å². The van der Waals surface area contributed by atoms with E-state index < -0.39 is 11.9 Å². The minimum Gasteiger partial charge on any atom is -0.345 e. The Morgan fingerprint density at radius 2 is 2.04 bits per heavy atom. The third-order valence-electron chi connectivity index (χ3n) is 4.59. The maximum Gasteiger partial charge on any atom is 0.251 e. The molecule has 2 amide bonds. The lowest BCUT2D eigenvalue weighted by Gasteiger charge is -2.18. The van der Waals surface area contributed by atoms with Crippen LogP contribution >= 0.6 is 23.2 Å². The number of amides is 2. The normalized spacial score (nSPS) is 15.1. The molecule has 0 bridgehead atoms. The minimum absolute atomic E-state index is 0.0635. The van der Waals surface area contributed by atoms with Crippen LogP contribution in [0.25, 0.3) is 0 Å². The Morgan fingerprint density at radius 1 is 1.26 bits per heavy atom. The van der Waals surface area contributed by atoms with Crippen molar-refractivity contribution in [2.75, 3.05) is 6.54 Å². The summed E-state index contributed by atoms with van der Waals surface area (Å²) in [6, 6.07) is 9.18. The highest BCUT2D eigenvalue weighted by Gasteiger charge is 2.21. The molecule has 1 atom stereocenters. The lowest BCUT2D eigenvalue weighted by Crippen LogP contribution is -2.27. The van der Waals surface area contributed by atoms with Gasteiger partial charge in [0.2, 0.25) is 5.91 Å². The van der Waals surface area contributed by atoms with Crippen molar-refractivity contribution in [2.45, 2.75) is 32.4 Å². The smallest absolute Gasteiger partial charge is 0.251 e. The van der Waals surface area contributed by atoms with Crippen LogP contribution in [-0.4, -0.2) is 23.3 Å². The van der Waals surface area contributed by atoms with Gasteiger partial charge in [0.25, 0.3) is 5.91 Å². The minimum atomic E-state index is -0.588. The molecular weight excluding hydrogens is 390 g/mol. The second kappa shape index (κ2) is 8.28. The molecule has 1 aliphatic heterocycles. The molecule has 27 heavy (non-hydrogen) atoms. The molecule has 1 heterocycles. The lowest BCUT2D eigenvalue weighted by molar-refractivity contribution is -0.128. The number of carbonyl (C=O) groups is 2. The molecular formula is C20H19Cl2FN2O2. The third kappa shape index (κ3) is 4.60. The number of halogens is 3. The summed E-state index contributed by atoms with van der Waals surface area (Å²) in [5.74, 6) is -0.754. The van der Waals surface area contributed by atoms with E-state index >= 15 is 0 Å². The molecule has 1 N–H and O–H groups in total. The van der Waals surface area contributed by atoms with E-state index in [0.29, 0.717) is 24.1 Å². The summed E-state index contributed by atoms with van der Waals surface area (Å²) in [5.41, 5.74) is 1.81. The topological polar surface area (TPSA) is 49.4 Å². The fourth-order valence-corrected chi connectivity index (χ4v) is 3.68. The van der Waals surface area contributed by atoms with Crippen LogP contribution < -0.4 is 5.32 Å². The highest BCUT2D eigenvalue weighted by Crippen LogP contribution is 2.28. The van der Waals surface area contributed by atoms with E-state index in [1.165, 1.54) is 12.1 Å². The Labute approximate surface area is 167 Å². The van der Waals surface area contributed by atoms with Crippen LogP contribution in [0.15, 0.2) is 36.4 Å². The van der Waals surface area contributed by atoms with Gasteiger partial charge in [0.15, 0.2) is 0 Å². The number of nitrogens with one attached hydrogen (secondary N) is 1. The molecule has 4 nitrogen and oxygen atoms in total. The van der Waals surface area contributed by atoms with Gasteiger partial charge < -0.3 is 10.2 Å². The van der Waals surface area contributed by atoms with Crippen molar-refractivity contribution in [1.29, 1.82) is 0 Å². The van der Waals surface area contributed by atoms with Crippen LogP contribution in [0, 0.1) is 5.82 Å². The fourth-order valence-electron chi connectivity index (χ4n) is 3.13. The standard InChI is InChI=1S/C20H19Cl2FN2O2/c1-12(15-9-18(23)17(22)10-16(15)21)24-20(27)14-5-2-4-13(8-14)11-25-7-3-6-19(25)26/h2,4-5,8-10,12H,3,6-7,11H2,1H3,(H,24,27)/t12-/m0/s1. The summed E-state index contributed by atoms with van der Waals surface area (Å²) < 4.78 is 13.7. The Bertz CT molecular complexity index is 888. The van der Waals surface area contributed by atoms with Crippen LogP contribution in [0.1, 0.15) is 47.3 Å². The molecule has 3 rings (SSSR count). The van der Waals surface area contributed by atoms with Crippen LogP contribution in [-0.2, 0) is 11.3 Å². The lowest BCUT2D eigenvalue weighted by atomic mass is 10.1. The summed E-state index contributed by atoms with van der Waals surface area (Å²) in [6.07, 6.45) is 1.45. The van der Waals surface area contributed by atoms with E-state index in [1.807, 2.05) is 6.07 Å². The van der Waals surface area contributed by atoms with Crippen LogP contribution in [0.3, 0.4) is 0 Å². The molecule has 0 unspecified atom stereocenters. The maximum atomic E-state index is 13.7. The second-order valence-corrected chi connectivity index (χ2v) is 7.42. The molecule has 0 saturated carbocycles. The number of benzene rings is 2. The molecule has 2 aromatic rings. The summed E-state index contributed by atoms with van der Waals surface area (Å²) in [6.45, 7) is 2.95. The van der Waals surface area contributed by atoms with Crippen LogP contribution in [0.5, 0.6) is 0 Å². The zero-order chi connectivity index (χ0) is 19.6. The monoisotopic (exact) mass is 408 g/mol. The van der Waals surface area contributed by atoms with Gasteiger partial charge in [0, 0.05) is 30.1 Å². The summed E-state index contributed by atoms with van der Waals surface area (Å²) in [7, 11) is 0. The molecule has 0 aromatic heterocycles. The van der Waals surface area contributed by atoms with Gasteiger partial charge in [-0.15, -0.1) is 0 Å². The van der Waals surface area contributed by atoms with Gasteiger partial charge in [0.1, 0.15) is 5.82 Å². The predicted octanol–water partition coefficient (Wildman–Crippen LogP) is 4.75. The van der Waals surface area contributed by atoms with Crippen molar-refractivity contribution >= 4 is 35.0 Å². The van der Waals surface area contributed by atoms with Gasteiger partial charge in [-0.05, 0) is 48.7 Å². The first kappa shape index (κ1) is 19.6. The van der Waals surface area contributed by atoms with E-state index in [4.69, 9.17) is 23.2 Å². The zero-order valence-electron chi connectivity index (χ0n) is 14.8. The summed E-state index contributed by atoms with van der Waals surface area (Å²) >= 11 is 11.8. The zero-order valence-corrected chi connectivity index (χ0v) is 16.3. The number of likely N-dealkylation sites (tertiary alicyclic amines) is 1. The Hall–Kier alpha value is -2.11. The van der Waals surface area contributed by atoms with Gasteiger partial charge >= 0.3 is 0 Å². The molecule has 2 aromatic carbocycles. The SMILES string of the molecule is C[C@H](NC(=O)c1cccc(CN2CCCC2=O)c1)c1cc(F)c(Cl)cc1Cl. The van der Waals surface area contributed by atoms with Crippen molar-refractivity contribution in [3.8, 4) is 0 Å².